The SMILES string of the molecule is N#Cc1ccc(OCCN2CC3CCCC(C2)O3)c(F)c1. The van der Waals surface area contributed by atoms with Gasteiger partial charge in [-0.3, -0.25) is 4.90 Å². The van der Waals surface area contributed by atoms with Crippen LogP contribution in [-0.4, -0.2) is 43.3 Å². The van der Waals surface area contributed by atoms with E-state index in [0.29, 0.717) is 24.4 Å². The van der Waals surface area contributed by atoms with Gasteiger partial charge in [-0.05, 0) is 37.5 Å². The molecular weight excluding hydrogens is 271 g/mol. The normalized spacial score (nSPS) is 25.3. The lowest BCUT2D eigenvalue weighted by atomic mass is 10.00. The van der Waals surface area contributed by atoms with Crippen LogP contribution in [0.3, 0.4) is 0 Å². The van der Waals surface area contributed by atoms with Gasteiger partial charge in [0.2, 0.25) is 0 Å². The van der Waals surface area contributed by atoms with Gasteiger partial charge in [-0.25, -0.2) is 4.39 Å². The summed E-state index contributed by atoms with van der Waals surface area (Å²) < 4.78 is 25.1. The van der Waals surface area contributed by atoms with Crippen molar-refractivity contribution in [3.8, 4) is 11.8 Å². The average molecular weight is 290 g/mol. The zero-order valence-corrected chi connectivity index (χ0v) is 11.9. The highest BCUT2D eigenvalue weighted by molar-refractivity contribution is 5.35. The number of halogens is 1. The quantitative estimate of drug-likeness (QED) is 0.854. The lowest BCUT2D eigenvalue weighted by Gasteiger charge is -2.41. The summed E-state index contributed by atoms with van der Waals surface area (Å²) in [5, 5.41) is 8.70. The Morgan fingerprint density at radius 3 is 2.76 bits per heavy atom. The number of hydrogen-bond acceptors (Lipinski definition) is 4. The molecule has 2 unspecified atom stereocenters. The van der Waals surface area contributed by atoms with Gasteiger partial charge in [0.1, 0.15) is 6.61 Å². The first-order valence-corrected chi connectivity index (χ1v) is 7.45. The molecule has 4 nitrogen and oxygen atoms in total. The van der Waals surface area contributed by atoms with Gasteiger partial charge in [-0.15, -0.1) is 0 Å². The minimum Gasteiger partial charge on any atom is -0.489 e. The highest BCUT2D eigenvalue weighted by Crippen LogP contribution is 2.25. The number of fused-ring (bicyclic) bond motifs is 2. The molecule has 2 bridgehead atoms. The Balaban J connectivity index is 1.49. The van der Waals surface area contributed by atoms with E-state index in [-0.39, 0.29) is 5.75 Å². The van der Waals surface area contributed by atoms with Crippen molar-refractivity contribution >= 4 is 0 Å². The molecule has 2 aliphatic rings. The third-order valence-corrected chi connectivity index (χ3v) is 4.09. The minimum atomic E-state index is -0.479. The molecule has 0 N–H and O–H groups in total. The molecule has 3 rings (SSSR count). The lowest BCUT2D eigenvalue weighted by Crippen LogP contribution is -2.50. The largest absolute Gasteiger partial charge is 0.489 e. The molecule has 2 saturated heterocycles. The minimum absolute atomic E-state index is 0.211. The van der Waals surface area contributed by atoms with Crippen LogP contribution in [0.2, 0.25) is 0 Å². The molecule has 1 aromatic carbocycles. The fourth-order valence-corrected chi connectivity index (χ4v) is 3.06. The summed E-state index contributed by atoms with van der Waals surface area (Å²) in [6.45, 7) is 3.10. The Bertz CT molecular complexity index is 532. The number of nitriles is 1. The zero-order chi connectivity index (χ0) is 14.7. The van der Waals surface area contributed by atoms with Gasteiger partial charge in [0, 0.05) is 19.6 Å². The van der Waals surface area contributed by atoms with Gasteiger partial charge in [-0.1, -0.05) is 0 Å². The highest BCUT2D eigenvalue weighted by Gasteiger charge is 2.30. The molecule has 2 fully saturated rings. The van der Waals surface area contributed by atoms with Crippen LogP contribution in [0.5, 0.6) is 5.75 Å². The molecule has 0 amide bonds. The van der Waals surface area contributed by atoms with Crippen LogP contribution in [0.1, 0.15) is 24.8 Å². The van der Waals surface area contributed by atoms with E-state index >= 15 is 0 Å². The van der Waals surface area contributed by atoms with E-state index in [1.165, 1.54) is 18.6 Å². The van der Waals surface area contributed by atoms with Gasteiger partial charge in [0.05, 0.1) is 23.8 Å². The molecule has 112 valence electrons. The number of hydrogen-bond donors (Lipinski definition) is 0. The van der Waals surface area contributed by atoms with Gasteiger partial charge >= 0.3 is 0 Å². The maximum absolute atomic E-state index is 13.7. The standard InChI is InChI=1S/C16H19FN2O2/c17-15-8-12(9-18)4-5-16(15)20-7-6-19-10-13-2-1-3-14(11-19)21-13/h4-5,8,13-14H,1-3,6-7,10-11H2. The molecule has 2 aliphatic heterocycles. The third-order valence-electron chi connectivity index (χ3n) is 4.09. The van der Waals surface area contributed by atoms with Crippen molar-refractivity contribution in [1.82, 2.24) is 4.90 Å². The van der Waals surface area contributed by atoms with E-state index in [4.69, 9.17) is 14.7 Å². The van der Waals surface area contributed by atoms with Gasteiger partial charge in [0.15, 0.2) is 11.6 Å². The van der Waals surface area contributed by atoms with Crippen molar-refractivity contribution in [2.24, 2.45) is 0 Å². The number of rotatable bonds is 4. The Labute approximate surface area is 124 Å². The zero-order valence-electron chi connectivity index (χ0n) is 11.9. The first-order valence-electron chi connectivity index (χ1n) is 7.45. The van der Waals surface area contributed by atoms with Crippen LogP contribution >= 0.6 is 0 Å². The number of ether oxygens (including phenoxy) is 2. The van der Waals surface area contributed by atoms with Crippen molar-refractivity contribution in [1.29, 1.82) is 5.26 Å². The van der Waals surface area contributed by atoms with Gasteiger partial charge in [0.25, 0.3) is 0 Å². The van der Waals surface area contributed by atoms with Gasteiger partial charge in [-0.2, -0.15) is 5.26 Å². The highest BCUT2D eigenvalue weighted by atomic mass is 19.1. The Morgan fingerprint density at radius 2 is 2.10 bits per heavy atom. The number of nitrogens with zero attached hydrogens (tertiary/aromatic N) is 2. The summed E-state index contributed by atoms with van der Waals surface area (Å²) in [7, 11) is 0. The van der Waals surface area contributed by atoms with Crippen LogP contribution in [0.15, 0.2) is 18.2 Å². The van der Waals surface area contributed by atoms with E-state index in [9.17, 15) is 4.39 Å². The predicted molar refractivity (Wildman–Crippen MR) is 75.6 cm³/mol. The van der Waals surface area contributed by atoms with E-state index in [1.807, 2.05) is 6.07 Å². The second kappa shape index (κ2) is 6.42. The number of morpholine rings is 1. The molecule has 5 heteroatoms. The summed E-state index contributed by atoms with van der Waals surface area (Å²) in [6, 6.07) is 6.19. The molecule has 2 heterocycles. The fourth-order valence-electron chi connectivity index (χ4n) is 3.06. The van der Waals surface area contributed by atoms with Crippen molar-refractivity contribution in [2.75, 3.05) is 26.2 Å². The molecule has 0 aliphatic carbocycles. The van der Waals surface area contributed by atoms with Crippen LogP contribution < -0.4 is 4.74 Å². The second-order valence-corrected chi connectivity index (χ2v) is 5.68. The van der Waals surface area contributed by atoms with Crippen molar-refractivity contribution in [2.45, 2.75) is 31.5 Å². The Kier molecular flexibility index (Phi) is 4.37. The van der Waals surface area contributed by atoms with Crippen LogP contribution in [-0.2, 0) is 4.74 Å². The molecule has 21 heavy (non-hydrogen) atoms. The molecule has 2 atom stereocenters. The monoisotopic (exact) mass is 290 g/mol. The van der Waals surface area contributed by atoms with Crippen molar-refractivity contribution in [3.63, 3.8) is 0 Å². The Morgan fingerprint density at radius 1 is 1.33 bits per heavy atom. The van der Waals surface area contributed by atoms with E-state index in [1.54, 1.807) is 6.07 Å². The smallest absolute Gasteiger partial charge is 0.166 e. The topological polar surface area (TPSA) is 45.5 Å². The summed E-state index contributed by atoms with van der Waals surface area (Å²) in [5.74, 6) is -0.268. The van der Waals surface area contributed by atoms with Gasteiger partial charge < -0.3 is 9.47 Å². The third kappa shape index (κ3) is 3.52. The van der Waals surface area contributed by atoms with Crippen molar-refractivity contribution < 1.29 is 13.9 Å². The van der Waals surface area contributed by atoms with E-state index in [2.05, 4.69) is 4.90 Å². The molecular formula is C16H19FN2O2. The predicted octanol–water partition coefficient (Wildman–Crippen LogP) is 2.33. The lowest BCUT2D eigenvalue weighted by molar-refractivity contribution is -0.114. The summed E-state index contributed by atoms with van der Waals surface area (Å²) in [5.41, 5.74) is 0.306. The number of likely N-dealkylation sites (tertiary alicyclic amines) is 1. The molecule has 1 aromatic rings. The number of benzene rings is 1. The summed E-state index contributed by atoms with van der Waals surface area (Å²) in [6.07, 6.45) is 4.24. The molecule has 0 aromatic heterocycles. The van der Waals surface area contributed by atoms with E-state index in [0.717, 1.165) is 32.5 Å². The van der Waals surface area contributed by atoms with Crippen LogP contribution in [0.4, 0.5) is 4.39 Å². The van der Waals surface area contributed by atoms with Crippen molar-refractivity contribution in [3.05, 3.63) is 29.6 Å². The molecule has 0 saturated carbocycles. The first kappa shape index (κ1) is 14.3. The molecule has 0 spiro atoms. The maximum atomic E-state index is 13.7. The first-order chi connectivity index (χ1) is 10.2. The maximum Gasteiger partial charge on any atom is 0.166 e. The Hall–Kier alpha value is -1.64. The summed E-state index contributed by atoms with van der Waals surface area (Å²) >= 11 is 0. The molecule has 0 radical (unpaired) electrons. The average Bonchev–Trinajstić information content (AvgIpc) is 2.48. The summed E-state index contributed by atoms with van der Waals surface area (Å²) in [4.78, 5) is 2.33. The van der Waals surface area contributed by atoms with E-state index < -0.39 is 5.82 Å². The second-order valence-electron chi connectivity index (χ2n) is 5.68. The van der Waals surface area contributed by atoms with Crippen LogP contribution in [0.25, 0.3) is 0 Å². The fraction of sp³-hybridized carbons (Fsp3) is 0.562. The van der Waals surface area contributed by atoms with Crippen LogP contribution in [0, 0.1) is 17.1 Å².